The van der Waals surface area contributed by atoms with Gasteiger partial charge in [-0.1, -0.05) is 0 Å². The molecule has 1 aromatic carbocycles. The molecule has 2 rings (SSSR count). The predicted molar refractivity (Wildman–Crippen MR) is 76.8 cm³/mol. The Balaban J connectivity index is 2.06. The summed E-state index contributed by atoms with van der Waals surface area (Å²) in [6, 6.07) is 5.44. The van der Waals surface area contributed by atoms with Gasteiger partial charge in [0.15, 0.2) is 6.10 Å². The van der Waals surface area contributed by atoms with E-state index in [9.17, 15) is 4.79 Å². The zero-order valence-corrected chi connectivity index (χ0v) is 12.1. The lowest BCUT2D eigenvalue weighted by Gasteiger charge is -2.22. The number of methoxy groups -OCH3 is 1. The van der Waals surface area contributed by atoms with E-state index in [1.165, 1.54) is 0 Å². The molecule has 0 aliphatic carbocycles. The van der Waals surface area contributed by atoms with E-state index in [-0.39, 0.29) is 5.91 Å². The first-order chi connectivity index (χ1) is 9.65. The second-order valence-electron chi connectivity index (χ2n) is 4.97. The van der Waals surface area contributed by atoms with Crippen LogP contribution < -0.4 is 15.2 Å². The van der Waals surface area contributed by atoms with E-state index in [0.29, 0.717) is 12.3 Å². The molecular weight excluding hydrogens is 256 g/mol. The summed E-state index contributed by atoms with van der Waals surface area (Å²) in [5.74, 6) is 1.42. The van der Waals surface area contributed by atoms with Gasteiger partial charge >= 0.3 is 0 Å². The average Bonchev–Trinajstić information content (AvgIpc) is 3.00. The molecule has 1 aliphatic rings. The van der Waals surface area contributed by atoms with Crippen molar-refractivity contribution in [2.45, 2.75) is 32.4 Å². The van der Waals surface area contributed by atoms with E-state index in [0.717, 1.165) is 37.2 Å². The molecule has 20 heavy (non-hydrogen) atoms. The summed E-state index contributed by atoms with van der Waals surface area (Å²) in [4.78, 5) is 14.1. The maximum Gasteiger partial charge on any atom is 0.263 e. The van der Waals surface area contributed by atoms with Crippen LogP contribution in [0.25, 0.3) is 0 Å². The van der Waals surface area contributed by atoms with Crippen LogP contribution in [0.2, 0.25) is 0 Å². The SMILES string of the molecule is COc1ccc(OC(C)C(=O)N2CCCC2)c(CN)c1. The average molecular weight is 278 g/mol. The third kappa shape index (κ3) is 3.22. The molecule has 1 fully saturated rings. The predicted octanol–water partition coefficient (Wildman–Crippen LogP) is 1.54. The van der Waals surface area contributed by atoms with Crippen molar-refractivity contribution in [1.82, 2.24) is 4.90 Å². The summed E-state index contributed by atoms with van der Waals surface area (Å²) < 4.78 is 10.9. The number of carbonyl (C=O) groups is 1. The Morgan fingerprint density at radius 1 is 1.40 bits per heavy atom. The van der Waals surface area contributed by atoms with Gasteiger partial charge in [-0.2, -0.15) is 0 Å². The maximum absolute atomic E-state index is 12.2. The highest BCUT2D eigenvalue weighted by Gasteiger charge is 2.25. The Morgan fingerprint density at radius 3 is 2.70 bits per heavy atom. The van der Waals surface area contributed by atoms with Crippen molar-refractivity contribution in [1.29, 1.82) is 0 Å². The van der Waals surface area contributed by atoms with Gasteiger partial charge in [-0.05, 0) is 38.0 Å². The van der Waals surface area contributed by atoms with Crippen LogP contribution in [0, 0.1) is 0 Å². The molecule has 0 bridgehead atoms. The Hall–Kier alpha value is -1.75. The fraction of sp³-hybridized carbons (Fsp3) is 0.533. The summed E-state index contributed by atoms with van der Waals surface area (Å²) in [5.41, 5.74) is 6.56. The highest BCUT2D eigenvalue weighted by Crippen LogP contribution is 2.25. The van der Waals surface area contributed by atoms with Crippen molar-refractivity contribution >= 4 is 5.91 Å². The van der Waals surface area contributed by atoms with E-state index in [1.807, 2.05) is 17.0 Å². The molecule has 5 nitrogen and oxygen atoms in total. The van der Waals surface area contributed by atoms with Gasteiger partial charge in [-0.15, -0.1) is 0 Å². The summed E-state index contributed by atoms with van der Waals surface area (Å²) in [6.45, 7) is 3.79. The Labute approximate surface area is 119 Å². The fourth-order valence-electron chi connectivity index (χ4n) is 2.39. The van der Waals surface area contributed by atoms with Crippen LogP contribution >= 0.6 is 0 Å². The molecule has 110 valence electrons. The van der Waals surface area contributed by atoms with Crippen LogP contribution in [0.5, 0.6) is 11.5 Å². The number of nitrogens with two attached hydrogens (primary N) is 1. The van der Waals surface area contributed by atoms with E-state index in [4.69, 9.17) is 15.2 Å². The van der Waals surface area contributed by atoms with Gasteiger partial charge in [-0.25, -0.2) is 0 Å². The molecule has 5 heteroatoms. The van der Waals surface area contributed by atoms with Crippen LogP contribution in [0.15, 0.2) is 18.2 Å². The van der Waals surface area contributed by atoms with Gasteiger partial charge in [0, 0.05) is 25.2 Å². The van der Waals surface area contributed by atoms with Gasteiger partial charge < -0.3 is 20.1 Å². The van der Waals surface area contributed by atoms with Crippen molar-refractivity contribution in [3.63, 3.8) is 0 Å². The van der Waals surface area contributed by atoms with Crippen LogP contribution in [0.4, 0.5) is 0 Å². The van der Waals surface area contributed by atoms with Gasteiger partial charge in [-0.3, -0.25) is 4.79 Å². The second-order valence-corrected chi connectivity index (χ2v) is 4.97. The second kappa shape index (κ2) is 6.61. The number of hydrogen-bond acceptors (Lipinski definition) is 4. The molecule has 0 radical (unpaired) electrons. The molecule has 1 unspecified atom stereocenters. The van der Waals surface area contributed by atoms with Crippen LogP contribution in [-0.4, -0.2) is 37.1 Å². The monoisotopic (exact) mass is 278 g/mol. The fourth-order valence-corrected chi connectivity index (χ4v) is 2.39. The third-order valence-corrected chi connectivity index (χ3v) is 3.56. The zero-order chi connectivity index (χ0) is 14.5. The first-order valence-corrected chi connectivity index (χ1v) is 6.98. The molecule has 0 aromatic heterocycles. The van der Waals surface area contributed by atoms with Crippen molar-refractivity contribution in [2.24, 2.45) is 5.73 Å². The minimum atomic E-state index is -0.494. The number of carbonyl (C=O) groups excluding carboxylic acids is 1. The number of rotatable bonds is 5. The molecule has 1 saturated heterocycles. The van der Waals surface area contributed by atoms with Crippen LogP contribution in [0.1, 0.15) is 25.3 Å². The normalized spacial score (nSPS) is 16.1. The van der Waals surface area contributed by atoms with Crippen molar-refractivity contribution < 1.29 is 14.3 Å². The smallest absolute Gasteiger partial charge is 0.263 e. The van der Waals surface area contributed by atoms with Gasteiger partial charge in [0.2, 0.25) is 0 Å². The van der Waals surface area contributed by atoms with Gasteiger partial charge in [0.25, 0.3) is 5.91 Å². The van der Waals surface area contributed by atoms with Crippen molar-refractivity contribution in [2.75, 3.05) is 20.2 Å². The molecule has 2 N–H and O–H groups in total. The lowest BCUT2D eigenvalue weighted by atomic mass is 10.2. The lowest BCUT2D eigenvalue weighted by Crippen LogP contribution is -2.38. The standard InChI is InChI=1S/C15H22N2O3/c1-11(15(18)17-7-3-4-8-17)20-14-6-5-13(19-2)9-12(14)10-16/h5-6,9,11H,3-4,7-8,10,16H2,1-2H3. The van der Waals surface area contributed by atoms with Crippen LogP contribution in [-0.2, 0) is 11.3 Å². The minimum absolute atomic E-state index is 0.0429. The number of nitrogens with zero attached hydrogens (tertiary/aromatic N) is 1. The minimum Gasteiger partial charge on any atom is -0.497 e. The highest BCUT2D eigenvalue weighted by atomic mass is 16.5. The van der Waals surface area contributed by atoms with E-state index >= 15 is 0 Å². The Morgan fingerprint density at radius 2 is 2.10 bits per heavy atom. The third-order valence-electron chi connectivity index (χ3n) is 3.56. The summed E-state index contributed by atoms with van der Waals surface area (Å²) in [5, 5.41) is 0. The molecule has 1 amide bonds. The molecule has 1 heterocycles. The molecule has 0 spiro atoms. The topological polar surface area (TPSA) is 64.8 Å². The number of likely N-dealkylation sites (tertiary alicyclic amines) is 1. The Kier molecular flexibility index (Phi) is 4.84. The van der Waals surface area contributed by atoms with E-state index < -0.39 is 6.10 Å². The van der Waals surface area contributed by atoms with Crippen LogP contribution in [0.3, 0.4) is 0 Å². The molecule has 1 aromatic rings. The largest absolute Gasteiger partial charge is 0.497 e. The van der Waals surface area contributed by atoms with Gasteiger partial charge in [0.05, 0.1) is 7.11 Å². The number of hydrogen-bond donors (Lipinski definition) is 1. The summed E-state index contributed by atoms with van der Waals surface area (Å²) in [6.07, 6.45) is 1.66. The quantitative estimate of drug-likeness (QED) is 0.887. The van der Waals surface area contributed by atoms with E-state index in [2.05, 4.69) is 0 Å². The number of amides is 1. The summed E-state index contributed by atoms with van der Waals surface area (Å²) >= 11 is 0. The lowest BCUT2D eigenvalue weighted by molar-refractivity contribution is -0.136. The van der Waals surface area contributed by atoms with E-state index in [1.54, 1.807) is 20.1 Å². The molecule has 0 saturated carbocycles. The number of benzene rings is 1. The van der Waals surface area contributed by atoms with Crippen molar-refractivity contribution in [3.05, 3.63) is 23.8 Å². The first kappa shape index (κ1) is 14.7. The van der Waals surface area contributed by atoms with Gasteiger partial charge in [0.1, 0.15) is 11.5 Å². The molecule has 1 atom stereocenters. The van der Waals surface area contributed by atoms with Crippen molar-refractivity contribution in [3.8, 4) is 11.5 Å². The molecule has 1 aliphatic heterocycles. The summed E-state index contributed by atoms with van der Waals surface area (Å²) in [7, 11) is 1.61. The highest BCUT2D eigenvalue weighted by molar-refractivity contribution is 5.81. The zero-order valence-electron chi connectivity index (χ0n) is 12.1. The molecular formula is C15H22N2O3. The maximum atomic E-state index is 12.2. The number of ether oxygens (including phenoxy) is 2. The first-order valence-electron chi connectivity index (χ1n) is 6.98. The Bertz CT molecular complexity index is 470.